The highest BCUT2D eigenvalue weighted by molar-refractivity contribution is 5.87. The highest BCUT2D eigenvalue weighted by atomic mass is 16.7. The molecule has 0 radical (unpaired) electrons. The summed E-state index contributed by atoms with van der Waals surface area (Å²) in [6.45, 7) is 9.96. The van der Waals surface area contributed by atoms with Crippen molar-refractivity contribution in [1.82, 2.24) is 0 Å². The number of hydrogen-bond acceptors (Lipinski definition) is 3. The zero-order valence-corrected chi connectivity index (χ0v) is 18.7. The third kappa shape index (κ3) is 3.49. The molecule has 160 valence electrons. The summed E-state index contributed by atoms with van der Waals surface area (Å²) in [5.74, 6) is 3.64. The highest BCUT2D eigenvalue weighted by Crippen LogP contribution is 2.65. The van der Waals surface area contributed by atoms with Gasteiger partial charge >= 0.3 is 0 Å². The molecule has 0 heterocycles. The number of Topliss-reactive ketones (excluding diaryl/α,β-unsaturated/α-hetero) is 1. The summed E-state index contributed by atoms with van der Waals surface area (Å²) in [4.78, 5) is 12.6. The summed E-state index contributed by atoms with van der Waals surface area (Å²) in [6.07, 6.45) is 13.4. The summed E-state index contributed by atoms with van der Waals surface area (Å²) >= 11 is 0. The van der Waals surface area contributed by atoms with Crippen molar-refractivity contribution >= 4 is 5.78 Å². The van der Waals surface area contributed by atoms with Crippen LogP contribution in [0.3, 0.4) is 0 Å². The standard InChI is InChI=1S/C25H42O3/c1-5-6-15-27-17(2)28-19-11-13-24(3)18(16-19)7-8-20-21-9-10-23(26)25(21,4)14-12-22(20)24/h17-22H,5-16H2,1-4H3/t17?,18-,19+,20+,21+,22+,24+,25+/m1/s1. The Morgan fingerprint density at radius 1 is 1.07 bits per heavy atom. The molecule has 0 spiro atoms. The van der Waals surface area contributed by atoms with E-state index in [4.69, 9.17) is 9.47 Å². The number of hydrogen-bond donors (Lipinski definition) is 0. The largest absolute Gasteiger partial charge is 0.353 e. The lowest BCUT2D eigenvalue weighted by Gasteiger charge is -2.60. The number of carbonyl (C=O) groups is 1. The highest BCUT2D eigenvalue weighted by Gasteiger charge is 2.60. The Kier molecular flexibility index (Phi) is 5.97. The van der Waals surface area contributed by atoms with Gasteiger partial charge in [0.25, 0.3) is 0 Å². The molecule has 0 bridgehead atoms. The van der Waals surface area contributed by atoms with Crippen LogP contribution < -0.4 is 0 Å². The summed E-state index contributed by atoms with van der Waals surface area (Å²) < 4.78 is 12.1. The molecule has 4 aliphatic rings. The van der Waals surface area contributed by atoms with E-state index in [2.05, 4.69) is 27.7 Å². The van der Waals surface area contributed by atoms with Crippen LogP contribution in [0.5, 0.6) is 0 Å². The van der Waals surface area contributed by atoms with Crippen LogP contribution in [0.2, 0.25) is 0 Å². The maximum atomic E-state index is 12.6. The molecule has 28 heavy (non-hydrogen) atoms. The summed E-state index contributed by atoms with van der Waals surface area (Å²) in [7, 11) is 0. The molecule has 4 aliphatic carbocycles. The summed E-state index contributed by atoms with van der Waals surface area (Å²) in [5.41, 5.74) is 0.470. The van der Waals surface area contributed by atoms with Crippen molar-refractivity contribution in [2.24, 2.45) is 34.5 Å². The van der Waals surface area contributed by atoms with E-state index in [-0.39, 0.29) is 11.7 Å². The molecule has 0 saturated heterocycles. The zero-order chi connectivity index (χ0) is 19.9. The van der Waals surface area contributed by atoms with Crippen LogP contribution in [-0.4, -0.2) is 24.8 Å². The Bertz CT molecular complexity index is 574. The van der Waals surface area contributed by atoms with Crippen LogP contribution in [-0.2, 0) is 14.3 Å². The third-order valence-electron chi connectivity index (χ3n) is 9.56. The lowest BCUT2D eigenvalue weighted by Crippen LogP contribution is -2.54. The Balaban J connectivity index is 1.39. The Hall–Kier alpha value is -0.410. The van der Waals surface area contributed by atoms with Gasteiger partial charge in [0.05, 0.1) is 6.10 Å². The SMILES string of the molecule is CCCCOC(C)O[C@H]1CC[C@@]2(C)[C@H](CC[C@@H]3[C@@H]2CC[C@]2(C)C(=O)CC[C@@H]32)C1. The van der Waals surface area contributed by atoms with Gasteiger partial charge in [-0.2, -0.15) is 0 Å². The van der Waals surface area contributed by atoms with E-state index in [1.54, 1.807) is 0 Å². The predicted octanol–water partition coefficient (Wildman–Crippen LogP) is 6.15. The molecular formula is C25H42O3. The fraction of sp³-hybridized carbons (Fsp3) is 0.960. The van der Waals surface area contributed by atoms with E-state index in [0.29, 0.717) is 23.2 Å². The van der Waals surface area contributed by atoms with Gasteiger partial charge in [-0.15, -0.1) is 0 Å². The van der Waals surface area contributed by atoms with Gasteiger partial charge in [-0.05, 0) is 93.8 Å². The monoisotopic (exact) mass is 390 g/mol. The van der Waals surface area contributed by atoms with Crippen molar-refractivity contribution in [3.63, 3.8) is 0 Å². The first-order valence-corrected chi connectivity index (χ1v) is 12.2. The molecule has 0 aromatic rings. The summed E-state index contributed by atoms with van der Waals surface area (Å²) in [5, 5.41) is 0. The molecule has 3 heteroatoms. The van der Waals surface area contributed by atoms with Crippen LogP contribution in [0.1, 0.15) is 98.3 Å². The van der Waals surface area contributed by atoms with E-state index in [1.807, 2.05) is 0 Å². The van der Waals surface area contributed by atoms with Gasteiger partial charge in [-0.25, -0.2) is 0 Å². The average molecular weight is 391 g/mol. The van der Waals surface area contributed by atoms with Crippen molar-refractivity contribution in [2.75, 3.05) is 6.61 Å². The first-order valence-electron chi connectivity index (χ1n) is 12.2. The molecule has 0 aromatic carbocycles. The van der Waals surface area contributed by atoms with Crippen molar-refractivity contribution in [1.29, 1.82) is 0 Å². The molecule has 0 aromatic heterocycles. The van der Waals surface area contributed by atoms with Gasteiger partial charge in [0.1, 0.15) is 5.78 Å². The van der Waals surface area contributed by atoms with Crippen LogP contribution >= 0.6 is 0 Å². The molecule has 0 amide bonds. The fourth-order valence-corrected chi connectivity index (χ4v) is 7.82. The van der Waals surface area contributed by atoms with E-state index >= 15 is 0 Å². The van der Waals surface area contributed by atoms with E-state index in [9.17, 15) is 4.79 Å². The molecule has 1 unspecified atom stereocenters. The van der Waals surface area contributed by atoms with Gasteiger partial charge < -0.3 is 9.47 Å². The number of fused-ring (bicyclic) bond motifs is 5. The molecule has 0 aliphatic heterocycles. The first kappa shape index (κ1) is 20.8. The second-order valence-electron chi connectivity index (χ2n) is 10.9. The maximum Gasteiger partial charge on any atom is 0.155 e. The lowest BCUT2D eigenvalue weighted by atomic mass is 9.45. The van der Waals surface area contributed by atoms with Gasteiger partial charge in [0, 0.05) is 18.4 Å². The third-order valence-corrected chi connectivity index (χ3v) is 9.56. The minimum absolute atomic E-state index is 0.00986. The quantitative estimate of drug-likeness (QED) is 0.403. The second-order valence-corrected chi connectivity index (χ2v) is 10.9. The number of rotatable bonds is 6. The fourth-order valence-electron chi connectivity index (χ4n) is 7.82. The number of ether oxygens (including phenoxy) is 2. The Morgan fingerprint density at radius 3 is 2.68 bits per heavy atom. The van der Waals surface area contributed by atoms with Crippen LogP contribution in [0.25, 0.3) is 0 Å². The molecule has 8 atom stereocenters. The number of carbonyl (C=O) groups excluding carboxylic acids is 1. The summed E-state index contributed by atoms with van der Waals surface area (Å²) in [6, 6.07) is 0. The number of unbranched alkanes of at least 4 members (excludes halogenated alkanes) is 1. The van der Waals surface area contributed by atoms with Gasteiger partial charge in [-0.3, -0.25) is 4.79 Å². The molecule has 0 N–H and O–H groups in total. The van der Waals surface area contributed by atoms with Gasteiger partial charge in [-0.1, -0.05) is 27.2 Å². The second kappa shape index (κ2) is 8.02. The minimum atomic E-state index is -0.0721. The average Bonchev–Trinajstić information content (AvgIpc) is 2.97. The van der Waals surface area contributed by atoms with Crippen molar-refractivity contribution < 1.29 is 14.3 Å². The molecule has 4 saturated carbocycles. The predicted molar refractivity (Wildman–Crippen MR) is 112 cm³/mol. The van der Waals surface area contributed by atoms with Crippen LogP contribution in [0.4, 0.5) is 0 Å². The Labute approximate surface area is 172 Å². The van der Waals surface area contributed by atoms with E-state index in [1.165, 1.54) is 44.9 Å². The topological polar surface area (TPSA) is 35.5 Å². The van der Waals surface area contributed by atoms with Gasteiger partial charge in [0.15, 0.2) is 6.29 Å². The Morgan fingerprint density at radius 2 is 1.89 bits per heavy atom. The van der Waals surface area contributed by atoms with E-state index in [0.717, 1.165) is 50.0 Å². The normalized spacial score (nSPS) is 46.6. The molecule has 4 rings (SSSR count). The van der Waals surface area contributed by atoms with Crippen LogP contribution in [0.15, 0.2) is 0 Å². The van der Waals surface area contributed by atoms with E-state index < -0.39 is 0 Å². The number of ketones is 1. The maximum absolute atomic E-state index is 12.6. The smallest absolute Gasteiger partial charge is 0.155 e. The van der Waals surface area contributed by atoms with Gasteiger partial charge in [0.2, 0.25) is 0 Å². The van der Waals surface area contributed by atoms with Crippen molar-refractivity contribution in [3.8, 4) is 0 Å². The molecular weight excluding hydrogens is 348 g/mol. The van der Waals surface area contributed by atoms with Crippen LogP contribution in [0, 0.1) is 34.5 Å². The molecule has 3 nitrogen and oxygen atoms in total. The first-order chi connectivity index (χ1) is 13.4. The minimum Gasteiger partial charge on any atom is -0.353 e. The lowest BCUT2D eigenvalue weighted by molar-refractivity contribution is -0.192. The molecule has 4 fully saturated rings. The van der Waals surface area contributed by atoms with Crippen molar-refractivity contribution in [3.05, 3.63) is 0 Å². The van der Waals surface area contributed by atoms with Crippen molar-refractivity contribution in [2.45, 2.75) is 111 Å². The zero-order valence-electron chi connectivity index (χ0n) is 18.7.